The first-order valence-corrected chi connectivity index (χ1v) is 9.90. The predicted octanol–water partition coefficient (Wildman–Crippen LogP) is 3.47. The molecule has 1 unspecified atom stereocenters. The molecule has 3 saturated carbocycles. The van der Waals surface area contributed by atoms with Gasteiger partial charge in [-0.15, -0.1) is 0 Å². The van der Waals surface area contributed by atoms with Gasteiger partial charge in [-0.1, -0.05) is 6.07 Å². The molecule has 3 aliphatic carbocycles. The molecule has 2 bridgehead atoms. The molecule has 1 N–H and O–H groups in total. The van der Waals surface area contributed by atoms with Gasteiger partial charge >= 0.3 is 0 Å². The van der Waals surface area contributed by atoms with Gasteiger partial charge in [-0.25, -0.2) is 32.2 Å². The molecule has 3 aliphatic rings. The van der Waals surface area contributed by atoms with Crippen LogP contribution in [0.15, 0.2) is 49.2 Å². The van der Waals surface area contributed by atoms with Crippen LogP contribution in [0.5, 0.6) is 0 Å². The fourth-order valence-corrected chi connectivity index (χ4v) is 5.37. The van der Waals surface area contributed by atoms with E-state index in [1.165, 1.54) is 12.3 Å². The number of rotatable bonds is 6. The Balaban J connectivity index is 1.50. The Morgan fingerprint density at radius 3 is 2.47 bits per heavy atom. The van der Waals surface area contributed by atoms with Gasteiger partial charge in [-0.3, -0.25) is 0 Å². The maximum Gasteiger partial charge on any atom is 0.287 e. The van der Waals surface area contributed by atoms with Crippen LogP contribution in [-0.4, -0.2) is 30.8 Å². The molecular formula is C22H17F4N5O. The fraction of sp³-hybridized carbons (Fsp3) is 0.364. The van der Waals surface area contributed by atoms with E-state index in [-0.39, 0.29) is 25.0 Å². The van der Waals surface area contributed by atoms with Gasteiger partial charge in [-0.05, 0) is 48.4 Å². The van der Waals surface area contributed by atoms with E-state index < -0.39 is 46.1 Å². The Morgan fingerprint density at radius 2 is 1.91 bits per heavy atom. The summed E-state index contributed by atoms with van der Waals surface area (Å²) in [6, 6.07) is 7.32. The maximum atomic E-state index is 16.1. The van der Waals surface area contributed by atoms with Crippen LogP contribution in [0.2, 0.25) is 0 Å². The highest BCUT2D eigenvalue weighted by molar-refractivity contribution is 5.43. The zero-order valence-electron chi connectivity index (χ0n) is 16.6. The third-order valence-electron chi connectivity index (χ3n) is 6.94. The summed E-state index contributed by atoms with van der Waals surface area (Å²) in [7, 11) is 0. The fourth-order valence-electron chi connectivity index (χ4n) is 5.37. The molecule has 32 heavy (non-hydrogen) atoms. The van der Waals surface area contributed by atoms with E-state index in [0.29, 0.717) is 6.07 Å². The van der Waals surface area contributed by atoms with Crippen LogP contribution < -0.4 is 0 Å². The minimum atomic E-state index is -3.76. The van der Waals surface area contributed by atoms with Crippen molar-refractivity contribution in [3.8, 4) is 6.07 Å². The first-order valence-electron chi connectivity index (χ1n) is 9.90. The zero-order valence-corrected chi connectivity index (χ0v) is 16.6. The van der Waals surface area contributed by atoms with Crippen LogP contribution in [0.4, 0.5) is 17.6 Å². The van der Waals surface area contributed by atoms with Crippen LogP contribution in [0.3, 0.4) is 0 Å². The highest BCUT2D eigenvalue weighted by atomic mass is 19.3. The van der Waals surface area contributed by atoms with Crippen molar-refractivity contribution in [1.29, 1.82) is 5.26 Å². The molecule has 0 aliphatic heterocycles. The van der Waals surface area contributed by atoms with Crippen molar-refractivity contribution >= 4 is 0 Å². The monoisotopic (exact) mass is 443 g/mol. The summed E-state index contributed by atoms with van der Waals surface area (Å²) in [5.41, 5.74) is -4.76. The lowest BCUT2D eigenvalue weighted by Crippen LogP contribution is -2.76. The third-order valence-corrected chi connectivity index (χ3v) is 6.94. The van der Waals surface area contributed by atoms with Crippen molar-refractivity contribution < 1.29 is 22.7 Å². The quantitative estimate of drug-likeness (QED) is 0.590. The molecule has 2 aromatic heterocycles. The van der Waals surface area contributed by atoms with Gasteiger partial charge in [0.05, 0.1) is 6.54 Å². The van der Waals surface area contributed by atoms with E-state index in [0.717, 1.165) is 35.0 Å². The van der Waals surface area contributed by atoms with Gasteiger partial charge in [-0.2, -0.15) is 10.4 Å². The minimum absolute atomic E-state index is 0.0725. The summed E-state index contributed by atoms with van der Waals surface area (Å²) in [5, 5.41) is 24.0. The highest BCUT2D eigenvalue weighted by Crippen LogP contribution is 2.80. The summed E-state index contributed by atoms with van der Waals surface area (Å²) in [6.45, 7) is -0.754. The van der Waals surface area contributed by atoms with Gasteiger partial charge in [0.1, 0.15) is 36.1 Å². The molecule has 0 amide bonds. The van der Waals surface area contributed by atoms with Gasteiger partial charge in [0.25, 0.3) is 5.92 Å². The van der Waals surface area contributed by atoms with Crippen molar-refractivity contribution in [2.75, 3.05) is 0 Å². The molecule has 3 aromatic rings. The maximum absolute atomic E-state index is 16.1. The molecule has 2 heterocycles. The van der Waals surface area contributed by atoms with Gasteiger partial charge in [0, 0.05) is 23.2 Å². The number of aromatic nitrogens is 4. The second-order valence-corrected chi connectivity index (χ2v) is 8.79. The van der Waals surface area contributed by atoms with Gasteiger partial charge in [0.15, 0.2) is 5.60 Å². The van der Waals surface area contributed by atoms with Crippen molar-refractivity contribution in [2.24, 2.45) is 5.41 Å². The lowest BCUT2D eigenvalue weighted by molar-refractivity contribution is -0.347. The van der Waals surface area contributed by atoms with Crippen molar-refractivity contribution in [1.82, 2.24) is 19.7 Å². The molecule has 1 aromatic carbocycles. The first kappa shape index (κ1) is 20.6. The summed E-state index contributed by atoms with van der Waals surface area (Å²) in [4.78, 5) is 7.72. The smallest absolute Gasteiger partial charge is 0.287 e. The van der Waals surface area contributed by atoms with E-state index in [9.17, 15) is 13.9 Å². The lowest BCUT2D eigenvalue weighted by atomic mass is 9.30. The van der Waals surface area contributed by atoms with Crippen LogP contribution in [0, 0.1) is 28.4 Å². The number of hydrogen-bond acceptors (Lipinski definition) is 5. The van der Waals surface area contributed by atoms with Gasteiger partial charge in [0.2, 0.25) is 0 Å². The Bertz CT molecular complexity index is 1200. The van der Waals surface area contributed by atoms with E-state index in [1.54, 1.807) is 6.07 Å². The number of nitrogens with zero attached hydrogens (tertiary/aromatic N) is 5. The molecule has 1 atom stereocenters. The summed E-state index contributed by atoms with van der Waals surface area (Å²) < 4.78 is 61.2. The zero-order chi connectivity index (χ0) is 22.8. The minimum Gasteiger partial charge on any atom is -0.377 e. The number of halogens is 4. The lowest BCUT2D eigenvalue weighted by Gasteiger charge is -2.74. The van der Waals surface area contributed by atoms with Crippen molar-refractivity contribution in [2.45, 2.75) is 42.7 Å². The molecule has 0 spiro atoms. The number of nitriles is 1. The average molecular weight is 443 g/mol. The molecule has 164 valence electrons. The van der Waals surface area contributed by atoms with E-state index in [1.807, 2.05) is 6.07 Å². The summed E-state index contributed by atoms with van der Waals surface area (Å²) in [5.74, 6) is -5.95. The largest absolute Gasteiger partial charge is 0.377 e. The second kappa shape index (κ2) is 6.59. The number of alkyl halides is 2. The predicted molar refractivity (Wildman–Crippen MR) is 102 cm³/mol. The molecule has 3 fully saturated rings. The number of benzene rings is 1. The van der Waals surface area contributed by atoms with Gasteiger partial charge < -0.3 is 5.11 Å². The van der Waals surface area contributed by atoms with Crippen LogP contribution in [0.25, 0.3) is 0 Å². The molecule has 6 rings (SSSR count). The SMILES string of the molecule is N#Cc1ccc(C23CC(C(F)(F)C(O)(Cn4cncn4)c4ccc(F)cc4F)(C2)C3)cn1. The van der Waals surface area contributed by atoms with E-state index >= 15 is 8.78 Å². The van der Waals surface area contributed by atoms with Crippen LogP contribution in [0.1, 0.15) is 36.1 Å². The normalized spacial score (nSPS) is 25.9. The standard InChI is InChI=1S/C22H17F4N5O/c23-15-2-4-17(18(24)5-15)21(32,11-31-13-28-12-30-31)22(25,26)20-8-19(9-20,10-20)14-1-3-16(6-27)29-7-14/h1-5,7,12-13,32H,8-11H2. The second-order valence-electron chi connectivity index (χ2n) is 8.79. The Morgan fingerprint density at radius 1 is 1.16 bits per heavy atom. The number of hydrogen-bond donors (Lipinski definition) is 1. The highest BCUT2D eigenvalue weighted by Gasteiger charge is 2.82. The first-order chi connectivity index (χ1) is 15.1. The summed E-state index contributed by atoms with van der Waals surface area (Å²) >= 11 is 0. The van der Waals surface area contributed by atoms with E-state index in [2.05, 4.69) is 15.1 Å². The Labute approximate surface area is 180 Å². The van der Waals surface area contributed by atoms with Crippen LogP contribution >= 0.6 is 0 Å². The summed E-state index contributed by atoms with van der Waals surface area (Å²) in [6.07, 6.45) is 4.00. The van der Waals surface area contributed by atoms with E-state index in [4.69, 9.17) is 5.26 Å². The third kappa shape index (κ3) is 2.64. The van der Waals surface area contributed by atoms with Crippen molar-refractivity contribution in [3.05, 3.63) is 77.6 Å². The molecule has 6 nitrogen and oxygen atoms in total. The molecule has 0 saturated heterocycles. The van der Waals surface area contributed by atoms with Crippen molar-refractivity contribution in [3.63, 3.8) is 0 Å². The Hall–Kier alpha value is -3.32. The Kier molecular flexibility index (Phi) is 4.24. The molecular weight excluding hydrogens is 426 g/mol. The number of aliphatic hydroxyl groups is 1. The topological polar surface area (TPSA) is 87.6 Å². The molecule has 0 radical (unpaired) electrons. The van der Waals surface area contributed by atoms with Crippen LogP contribution in [-0.2, 0) is 17.6 Å². The molecule has 10 heteroatoms. The number of pyridine rings is 1. The average Bonchev–Trinajstić information content (AvgIpc) is 3.18.